The van der Waals surface area contributed by atoms with Gasteiger partial charge in [-0.25, -0.2) is 0 Å². The highest BCUT2D eigenvalue weighted by Gasteiger charge is 2.35. The molecule has 0 radical (unpaired) electrons. The van der Waals surface area contributed by atoms with Gasteiger partial charge in [-0.05, 0) is 72.1 Å². The van der Waals surface area contributed by atoms with Crippen molar-refractivity contribution in [2.45, 2.75) is 254 Å². The third-order valence-corrected chi connectivity index (χ3v) is 19.9. The van der Waals surface area contributed by atoms with Gasteiger partial charge in [0.15, 0.2) is 0 Å². The van der Waals surface area contributed by atoms with E-state index in [9.17, 15) is 0 Å². The van der Waals surface area contributed by atoms with Gasteiger partial charge < -0.3 is 0 Å². The van der Waals surface area contributed by atoms with E-state index in [0.717, 1.165) is 0 Å². The summed E-state index contributed by atoms with van der Waals surface area (Å²) in [6.45, 7) is 18.2. The van der Waals surface area contributed by atoms with Gasteiger partial charge in [0.05, 0.1) is 30.8 Å². The molecule has 0 heterocycles. The maximum atomic E-state index is 2.38. The average Bonchev–Trinajstić information content (AvgIpc) is 3.29. The average molecular weight is 881 g/mol. The Bertz CT molecular complexity index is 1260. The number of hydrogen-bond donors (Lipinski definition) is 0. The predicted molar refractivity (Wildman–Crippen MR) is 296 cm³/mol. The molecular formula is C61H106BP. The number of rotatable bonds is 38. The van der Waals surface area contributed by atoms with Crippen molar-refractivity contribution in [3.63, 3.8) is 0 Å². The van der Waals surface area contributed by atoms with Crippen LogP contribution in [0.25, 0.3) is 0 Å². The number of aryl methyl sites for hydroxylation is 3. The molecule has 0 amide bonds. The highest BCUT2D eigenvalue weighted by atomic mass is 31.2. The van der Waals surface area contributed by atoms with Gasteiger partial charge in [0.1, 0.15) is 0 Å². The first-order valence-electron chi connectivity index (χ1n) is 28.0. The Kier molecular flexibility index (Phi) is 33.9. The van der Waals surface area contributed by atoms with Crippen molar-refractivity contribution in [3.05, 3.63) is 89.5 Å². The molecule has 0 aromatic heterocycles. The molecule has 0 aliphatic heterocycles. The van der Waals surface area contributed by atoms with Crippen molar-refractivity contribution in [3.8, 4) is 0 Å². The zero-order valence-corrected chi connectivity index (χ0v) is 44.6. The zero-order valence-electron chi connectivity index (χ0n) is 43.7. The first-order valence-corrected chi connectivity index (χ1v) is 30.6. The van der Waals surface area contributed by atoms with Crippen LogP contribution in [0.3, 0.4) is 0 Å². The largest absolute Gasteiger partial charge is 0.200 e. The van der Waals surface area contributed by atoms with E-state index < -0.39 is 13.4 Å². The monoisotopic (exact) mass is 881 g/mol. The number of benzene rings is 3. The molecule has 0 saturated heterocycles. The molecule has 0 atom stereocenters. The fourth-order valence-electron chi connectivity index (χ4n) is 10.6. The molecule has 0 unspecified atom stereocenters. The summed E-state index contributed by atoms with van der Waals surface area (Å²) in [6.07, 6.45) is 50.4. The standard InChI is InChI=1S/C32H68P.C29H38B/c1-5-9-13-17-21-25-29-33(30-26-22-18-14-10-6-2,31-27-23-19-15-11-7-3)32-28-24-20-16-12-8-4;1-5-6-7-8-9-10-23-30(27-17-11-24(2)12-18-27,28-19-13-25(3)14-20-28)29-21-15-26(4)16-22-29/h5-32H2,1-4H3;11-22H,5-10,23H2,1-4H3/q+1;-1. The van der Waals surface area contributed by atoms with Crippen molar-refractivity contribution in [2.24, 2.45) is 0 Å². The Morgan fingerprint density at radius 1 is 0.270 bits per heavy atom. The first-order chi connectivity index (χ1) is 30.8. The number of unbranched alkanes of at least 4 members (excludes halogenated alkanes) is 25. The van der Waals surface area contributed by atoms with Crippen LogP contribution in [-0.2, 0) is 0 Å². The molecule has 0 nitrogen and oxygen atoms in total. The van der Waals surface area contributed by atoms with Gasteiger partial charge >= 0.3 is 0 Å². The molecular weight excluding hydrogens is 774 g/mol. The zero-order chi connectivity index (χ0) is 45.7. The van der Waals surface area contributed by atoms with Gasteiger partial charge in [0.2, 0.25) is 0 Å². The minimum atomic E-state index is -0.981. The summed E-state index contributed by atoms with van der Waals surface area (Å²) in [5.41, 5.74) is 8.41. The van der Waals surface area contributed by atoms with Crippen molar-refractivity contribution in [2.75, 3.05) is 24.6 Å². The molecule has 2 heteroatoms. The molecule has 0 spiro atoms. The van der Waals surface area contributed by atoms with Gasteiger partial charge in [-0.15, -0.1) is 0 Å². The van der Waals surface area contributed by atoms with E-state index in [1.165, 1.54) is 206 Å². The van der Waals surface area contributed by atoms with Gasteiger partial charge in [-0.1, -0.05) is 265 Å². The summed E-state index contributed by atoms with van der Waals surface area (Å²) in [5, 5.41) is 0. The Balaban J connectivity index is 0.000000434. The van der Waals surface area contributed by atoms with Crippen LogP contribution in [0.2, 0.25) is 6.32 Å². The van der Waals surface area contributed by atoms with E-state index in [-0.39, 0.29) is 0 Å². The van der Waals surface area contributed by atoms with Crippen LogP contribution in [0.4, 0.5) is 0 Å². The summed E-state index contributed by atoms with van der Waals surface area (Å²) in [4.78, 5) is 0. The third-order valence-electron chi connectivity index (χ3n) is 14.9. The fraction of sp³-hybridized carbons (Fsp3) is 0.705. The Hall–Kier alpha value is -1.85. The second kappa shape index (κ2) is 37.3. The van der Waals surface area contributed by atoms with E-state index in [2.05, 4.69) is 128 Å². The molecule has 3 rings (SSSR count). The highest BCUT2D eigenvalue weighted by molar-refractivity contribution is 7.75. The highest BCUT2D eigenvalue weighted by Crippen LogP contribution is 2.61. The third kappa shape index (κ3) is 24.5. The van der Waals surface area contributed by atoms with Crippen molar-refractivity contribution in [1.82, 2.24) is 0 Å². The fourth-order valence-corrected chi connectivity index (χ4v) is 15.5. The summed E-state index contributed by atoms with van der Waals surface area (Å²) >= 11 is 0. The SMILES string of the molecule is CCCCCCCC[B-](c1ccc(C)cc1)(c1ccc(C)cc1)c1ccc(C)cc1.CCCCCCCC[P+](CCCCCCCC)(CCCCCCCC)CCCCCCCC. The lowest BCUT2D eigenvalue weighted by atomic mass is 9.14. The van der Waals surface area contributed by atoms with Gasteiger partial charge in [0.25, 0.3) is 0 Å². The lowest BCUT2D eigenvalue weighted by Gasteiger charge is -2.43. The molecule has 0 saturated carbocycles. The Morgan fingerprint density at radius 2 is 0.476 bits per heavy atom. The van der Waals surface area contributed by atoms with Gasteiger partial charge in [0, 0.05) is 7.26 Å². The van der Waals surface area contributed by atoms with E-state index in [4.69, 9.17) is 0 Å². The maximum absolute atomic E-state index is 2.38. The van der Waals surface area contributed by atoms with Crippen molar-refractivity contribution < 1.29 is 0 Å². The molecule has 3 aromatic carbocycles. The number of hydrogen-bond acceptors (Lipinski definition) is 0. The summed E-state index contributed by atoms with van der Waals surface area (Å²) in [7, 11) is -0.718. The molecule has 3 aromatic rings. The van der Waals surface area contributed by atoms with Crippen molar-refractivity contribution >= 4 is 29.8 Å². The quantitative estimate of drug-likeness (QED) is 0.0306. The van der Waals surface area contributed by atoms with Crippen LogP contribution in [0.1, 0.15) is 244 Å². The lowest BCUT2D eigenvalue weighted by Crippen LogP contribution is -2.67. The van der Waals surface area contributed by atoms with Gasteiger partial charge in [-0.3, -0.25) is 0 Å². The van der Waals surface area contributed by atoms with E-state index >= 15 is 0 Å². The molecule has 0 N–H and O–H groups in total. The normalized spacial score (nSPS) is 11.8. The molecule has 0 bridgehead atoms. The van der Waals surface area contributed by atoms with E-state index in [0.29, 0.717) is 0 Å². The smallest absolute Gasteiger partial charge is 0.0814 e. The van der Waals surface area contributed by atoms with Crippen LogP contribution in [0, 0.1) is 20.8 Å². The van der Waals surface area contributed by atoms with E-state index in [1.54, 1.807) is 50.3 Å². The minimum Gasteiger partial charge on any atom is -0.200 e. The lowest BCUT2D eigenvalue weighted by molar-refractivity contribution is 0.610. The first kappa shape index (κ1) is 57.3. The van der Waals surface area contributed by atoms with Crippen LogP contribution in [-0.4, -0.2) is 30.8 Å². The molecule has 358 valence electrons. The summed E-state index contributed by atoms with van der Waals surface area (Å²) < 4.78 is 0. The molecule has 0 aliphatic carbocycles. The van der Waals surface area contributed by atoms with Crippen LogP contribution < -0.4 is 16.4 Å². The maximum Gasteiger partial charge on any atom is 0.0814 e. The van der Waals surface area contributed by atoms with Gasteiger partial charge in [-0.2, -0.15) is 22.7 Å². The predicted octanol–water partition coefficient (Wildman–Crippen LogP) is 18.9. The summed E-state index contributed by atoms with van der Waals surface area (Å²) in [5.74, 6) is 0. The molecule has 63 heavy (non-hydrogen) atoms. The minimum absolute atomic E-state index is 0.718. The van der Waals surface area contributed by atoms with E-state index in [1.807, 2.05) is 0 Å². The van der Waals surface area contributed by atoms with Crippen LogP contribution in [0.5, 0.6) is 0 Å². The van der Waals surface area contributed by atoms with Crippen LogP contribution in [0.15, 0.2) is 72.8 Å². The molecule has 0 aliphatic rings. The molecule has 0 fully saturated rings. The summed E-state index contributed by atoms with van der Waals surface area (Å²) in [6, 6.07) is 28.0. The Morgan fingerprint density at radius 3 is 0.714 bits per heavy atom. The second-order valence-electron chi connectivity index (χ2n) is 20.6. The second-order valence-corrected chi connectivity index (χ2v) is 25.1. The topological polar surface area (TPSA) is 0 Å². The Labute approximate surface area is 396 Å². The van der Waals surface area contributed by atoms with Crippen molar-refractivity contribution in [1.29, 1.82) is 0 Å². The van der Waals surface area contributed by atoms with Crippen LogP contribution >= 0.6 is 7.26 Å².